The zero-order valence-corrected chi connectivity index (χ0v) is 17.9. The van der Waals surface area contributed by atoms with Gasteiger partial charge in [-0.2, -0.15) is 0 Å². The largest absolute Gasteiger partial charge is 0.384 e. The van der Waals surface area contributed by atoms with Gasteiger partial charge < -0.3 is 9.67 Å². The van der Waals surface area contributed by atoms with Crippen LogP contribution in [0.5, 0.6) is 0 Å². The maximum Gasteiger partial charge on any atom is 0.266 e. The van der Waals surface area contributed by atoms with E-state index in [4.69, 9.17) is 0 Å². The van der Waals surface area contributed by atoms with E-state index in [0.29, 0.717) is 36.0 Å². The number of halogens is 2. The van der Waals surface area contributed by atoms with Gasteiger partial charge in [0.05, 0.1) is 12.9 Å². The van der Waals surface area contributed by atoms with Crippen molar-refractivity contribution in [2.75, 3.05) is 0 Å². The molecule has 1 heterocycles. The highest BCUT2D eigenvalue weighted by Crippen LogP contribution is 2.64. The highest BCUT2D eigenvalue weighted by molar-refractivity contribution is 5.82. The molecule has 4 fully saturated rings. The topological polar surface area (TPSA) is 55.1 Å². The van der Waals surface area contributed by atoms with Crippen LogP contribution in [0.25, 0.3) is 0 Å². The molecule has 0 aromatic carbocycles. The fraction of sp³-hybridized carbons (Fsp3) is 0.833. The molecular formula is C24H34F2N2O2. The lowest BCUT2D eigenvalue weighted by molar-refractivity contribution is -0.160. The van der Waals surface area contributed by atoms with Crippen molar-refractivity contribution in [3.05, 3.63) is 18.7 Å². The summed E-state index contributed by atoms with van der Waals surface area (Å²) in [5.41, 5.74) is -1.70. The monoisotopic (exact) mass is 420 g/mol. The lowest BCUT2D eigenvalue weighted by Crippen LogP contribution is -2.53. The zero-order valence-electron chi connectivity index (χ0n) is 17.9. The van der Waals surface area contributed by atoms with Crippen LogP contribution < -0.4 is 0 Å². The van der Waals surface area contributed by atoms with Crippen LogP contribution in [0, 0.1) is 40.9 Å². The Morgan fingerprint density at radius 2 is 1.93 bits per heavy atom. The van der Waals surface area contributed by atoms with Gasteiger partial charge in [-0.3, -0.25) is 4.79 Å². The molecule has 0 amide bonds. The summed E-state index contributed by atoms with van der Waals surface area (Å²) in [6.07, 6.45) is 10.2. The van der Waals surface area contributed by atoms with Crippen molar-refractivity contribution in [1.29, 1.82) is 0 Å². The van der Waals surface area contributed by atoms with Gasteiger partial charge >= 0.3 is 0 Å². The zero-order chi connectivity index (χ0) is 21.1. The highest BCUT2D eigenvalue weighted by Gasteiger charge is 2.59. The Labute approximate surface area is 177 Å². The van der Waals surface area contributed by atoms with Gasteiger partial charge in [-0.05, 0) is 92.8 Å². The fourth-order valence-corrected chi connectivity index (χ4v) is 8.31. The van der Waals surface area contributed by atoms with Gasteiger partial charge in [-0.1, -0.05) is 6.92 Å². The molecule has 30 heavy (non-hydrogen) atoms. The molecule has 0 saturated heterocycles. The van der Waals surface area contributed by atoms with E-state index >= 15 is 0 Å². The van der Waals surface area contributed by atoms with Crippen LogP contribution >= 0.6 is 0 Å². The minimum absolute atomic E-state index is 0.0735. The first kappa shape index (κ1) is 20.6. The van der Waals surface area contributed by atoms with E-state index in [0.717, 1.165) is 44.9 Å². The average Bonchev–Trinajstić information content (AvgIpc) is 3.34. The number of aromatic nitrogens is 2. The van der Waals surface area contributed by atoms with Crippen molar-refractivity contribution in [3.63, 3.8) is 0 Å². The normalized spacial score (nSPS) is 45.6. The number of fused-ring (bicyclic) bond motifs is 5. The Bertz CT molecular complexity index is 784. The van der Waals surface area contributed by atoms with E-state index in [1.807, 2.05) is 10.8 Å². The third-order valence-corrected chi connectivity index (χ3v) is 9.74. The first-order valence-electron chi connectivity index (χ1n) is 11.8. The minimum Gasteiger partial charge on any atom is -0.384 e. The molecule has 4 aliphatic carbocycles. The SMILES string of the molecule is C[C@]12CCC3C(CC[C@@H]4C[C@@](O)(C(F)F)CC[C@H]34)C1CC[C@@H]2C(=O)Cn1ccnc1. The predicted molar refractivity (Wildman–Crippen MR) is 109 cm³/mol. The van der Waals surface area contributed by atoms with Crippen LogP contribution in [0.2, 0.25) is 0 Å². The van der Waals surface area contributed by atoms with Crippen molar-refractivity contribution in [2.24, 2.45) is 40.9 Å². The Balaban J connectivity index is 1.30. The number of Topliss-reactive ketones (excluding diaryl/α,β-unsaturated/α-hetero) is 1. The van der Waals surface area contributed by atoms with Gasteiger partial charge in [0.15, 0.2) is 5.78 Å². The summed E-state index contributed by atoms with van der Waals surface area (Å²) in [7, 11) is 0. The number of hydrogen-bond donors (Lipinski definition) is 1. The van der Waals surface area contributed by atoms with E-state index in [1.165, 1.54) is 0 Å². The molecular weight excluding hydrogens is 386 g/mol. The van der Waals surface area contributed by atoms with E-state index < -0.39 is 12.0 Å². The molecule has 4 nitrogen and oxygen atoms in total. The summed E-state index contributed by atoms with van der Waals surface area (Å²) in [5, 5.41) is 10.4. The lowest BCUT2D eigenvalue weighted by atomic mass is 9.49. The Kier molecular flexibility index (Phi) is 5.07. The molecule has 1 aromatic rings. The second-order valence-corrected chi connectivity index (χ2v) is 11.0. The number of carbonyl (C=O) groups excluding carboxylic acids is 1. The second-order valence-electron chi connectivity index (χ2n) is 11.0. The van der Waals surface area contributed by atoms with Gasteiger partial charge in [0.25, 0.3) is 6.43 Å². The molecule has 0 bridgehead atoms. The molecule has 8 atom stereocenters. The number of imidazole rings is 1. The van der Waals surface area contributed by atoms with Gasteiger partial charge in [-0.25, -0.2) is 13.8 Å². The lowest BCUT2D eigenvalue weighted by Gasteiger charge is -2.57. The van der Waals surface area contributed by atoms with Gasteiger partial charge in [0.2, 0.25) is 0 Å². The predicted octanol–water partition coefficient (Wildman–Crippen LogP) is 4.72. The smallest absolute Gasteiger partial charge is 0.266 e. The van der Waals surface area contributed by atoms with Gasteiger partial charge in [0.1, 0.15) is 5.60 Å². The van der Waals surface area contributed by atoms with Crippen LogP contribution in [-0.4, -0.2) is 32.5 Å². The second kappa shape index (κ2) is 7.39. The van der Waals surface area contributed by atoms with Crippen LogP contribution in [0.3, 0.4) is 0 Å². The Morgan fingerprint density at radius 1 is 1.13 bits per heavy atom. The van der Waals surface area contributed by atoms with E-state index in [1.54, 1.807) is 12.5 Å². The van der Waals surface area contributed by atoms with Gasteiger partial charge in [-0.15, -0.1) is 0 Å². The minimum atomic E-state index is -2.64. The molecule has 5 rings (SSSR count). The van der Waals surface area contributed by atoms with Crippen molar-refractivity contribution >= 4 is 5.78 Å². The standard InChI is InChI=1S/C24H34F2N2O2/c1-23-8-6-17-16-7-9-24(30,22(25)26)12-15(16)2-3-18(17)19(23)4-5-20(23)21(29)13-28-11-10-27-14-28/h10-11,14-20,22,30H,2-9,12-13H2,1H3/t15-,16+,17?,18?,19?,20-,23+,24-/m1/s1. The van der Waals surface area contributed by atoms with Crippen LogP contribution in [-0.2, 0) is 11.3 Å². The number of ketones is 1. The Morgan fingerprint density at radius 3 is 2.67 bits per heavy atom. The van der Waals surface area contributed by atoms with Crippen LogP contribution in [0.1, 0.15) is 64.7 Å². The molecule has 166 valence electrons. The summed E-state index contributed by atoms with van der Waals surface area (Å²) in [6, 6.07) is 0. The average molecular weight is 421 g/mol. The van der Waals surface area contributed by atoms with Crippen molar-refractivity contribution < 1.29 is 18.7 Å². The molecule has 0 radical (unpaired) electrons. The molecule has 4 saturated carbocycles. The fourth-order valence-electron chi connectivity index (χ4n) is 8.31. The third-order valence-electron chi connectivity index (χ3n) is 9.74. The van der Waals surface area contributed by atoms with Crippen molar-refractivity contribution in [2.45, 2.75) is 83.3 Å². The molecule has 3 unspecified atom stereocenters. The number of aliphatic hydroxyl groups is 1. The molecule has 0 aliphatic heterocycles. The van der Waals surface area contributed by atoms with E-state index in [-0.39, 0.29) is 30.1 Å². The van der Waals surface area contributed by atoms with E-state index in [2.05, 4.69) is 11.9 Å². The number of alkyl halides is 2. The van der Waals surface area contributed by atoms with Crippen LogP contribution in [0.15, 0.2) is 18.7 Å². The molecule has 1 N–H and O–H groups in total. The summed E-state index contributed by atoms with van der Waals surface area (Å²) in [6.45, 7) is 2.76. The molecule has 4 aliphatic rings. The maximum atomic E-state index is 13.4. The number of carbonyl (C=O) groups is 1. The third kappa shape index (κ3) is 3.16. The molecule has 0 spiro atoms. The van der Waals surface area contributed by atoms with Crippen molar-refractivity contribution in [3.8, 4) is 0 Å². The first-order valence-corrected chi connectivity index (χ1v) is 11.8. The quantitative estimate of drug-likeness (QED) is 0.767. The summed E-state index contributed by atoms with van der Waals surface area (Å²) >= 11 is 0. The highest BCUT2D eigenvalue weighted by atomic mass is 19.3. The number of nitrogens with zero attached hydrogens (tertiary/aromatic N) is 2. The van der Waals surface area contributed by atoms with Crippen molar-refractivity contribution in [1.82, 2.24) is 9.55 Å². The first-order chi connectivity index (χ1) is 14.3. The number of rotatable bonds is 4. The molecule has 6 heteroatoms. The summed E-state index contributed by atoms with van der Waals surface area (Å²) < 4.78 is 28.7. The van der Waals surface area contributed by atoms with E-state index in [9.17, 15) is 18.7 Å². The molecule has 1 aromatic heterocycles. The summed E-state index contributed by atoms with van der Waals surface area (Å²) in [4.78, 5) is 17.2. The summed E-state index contributed by atoms with van der Waals surface area (Å²) in [5.74, 6) is 2.96. The Hall–Kier alpha value is -1.30. The maximum absolute atomic E-state index is 13.4. The number of hydrogen-bond acceptors (Lipinski definition) is 3. The van der Waals surface area contributed by atoms with Gasteiger partial charge in [0, 0.05) is 18.3 Å². The van der Waals surface area contributed by atoms with Crippen LogP contribution in [0.4, 0.5) is 8.78 Å².